The smallest absolute Gasteiger partial charge is 0.0468 e. The summed E-state index contributed by atoms with van der Waals surface area (Å²) in [5, 5.41) is 2.72. The highest BCUT2D eigenvalue weighted by molar-refractivity contribution is 7.26. The molecule has 6 aromatic rings. The first-order valence-corrected chi connectivity index (χ1v) is 14.2. The molecule has 0 saturated carbocycles. The fourth-order valence-electron chi connectivity index (χ4n) is 6.32. The minimum atomic E-state index is -0.00312. The van der Waals surface area contributed by atoms with Crippen LogP contribution in [0.5, 0.6) is 0 Å². The number of rotatable bonds is 3. The molecule has 0 N–H and O–H groups in total. The number of nitrogens with zero attached hydrogens (tertiary/aromatic N) is 1. The Labute approximate surface area is 229 Å². The van der Waals surface area contributed by atoms with Gasteiger partial charge in [0.1, 0.15) is 0 Å². The van der Waals surface area contributed by atoms with E-state index in [0.717, 1.165) is 11.4 Å². The van der Waals surface area contributed by atoms with Crippen LogP contribution in [-0.4, -0.2) is 0 Å². The Kier molecular flexibility index (Phi) is 5.09. The van der Waals surface area contributed by atoms with E-state index >= 15 is 0 Å². The average molecular weight is 510 g/mol. The SMILES string of the molecule is CC1(C)c2ccccc2-c2c(ccc3sc4ccc(N(c5ccccc5)c5ccccc5)cc4c23)C1(C)C. The molecule has 1 aromatic heterocycles. The first-order chi connectivity index (χ1) is 18.4. The van der Waals surface area contributed by atoms with Crippen molar-refractivity contribution in [1.29, 1.82) is 0 Å². The van der Waals surface area contributed by atoms with Crippen molar-refractivity contribution in [3.8, 4) is 11.1 Å². The van der Waals surface area contributed by atoms with Gasteiger partial charge in [0.2, 0.25) is 0 Å². The lowest BCUT2D eigenvalue weighted by Gasteiger charge is -2.48. The normalized spacial score (nSPS) is 15.3. The number of benzene rings is 5. The van der Waals surface area contributed by atoms with Gasteiger partial charge in [-0.1, -0.05) is 94.4 Å². The molecule has 0 spiro atoms. The second-order valence-corrected chi connectivity index (χ2v) is 12.5. The molecule has 1 aliphatic carbocycles. The van der Waals surface area contributed by atoms with E-state index in [2.05, 4.69) is 148 Å². The van der Waals surface area contributed by atoms with Gasteiger partial charge in [-0.3, -0.25) is 0 Å². The minimum Gasteiger partial charge on any atom is -0.310 e. The maximum atomic E-state index is 2.42. The molecule has 1 nitrogen and oxygen atoms in total. The van der Waals surface area contributed by atoms with E-state index in [1.807, 2.05) is 11.3 Å². The second kappa shape index (κ2) is 8.31. The van der Waals surface area contributed by atoms with E-state index in [4.69, 9.17) is 0 Å². The summed E-state index contributed by atoms with van der Waals surface area (Å²) in [6, 6.07) is 42.2. The summed E-state index contributed by atoms with van der Waals surface area (Å²) in [6.45, 7) is 9.64. The van der Waals surface area contributed by atoms with Crippen LogP contribution in [0.1, 0.15) is 38.8 Å². The van der Waals surface area contributed by atoms with Crippen LogP contribution in [0.2, 0.25) is 0 Å². The molecule has 0 radical (unpaired) electrons. The zero-order valence-electron chi connectivity index (χ0n) is 22.3. The van der Waals surface area contributed by atoms with Crippen LogP contribution in [0.25, 0.3) is 31.3 Å². The molecule has 0 fully saturated rings. The van der Waals surface area contributed by atoms with Gasteiger partial charge in [0.25, 0.3) is 0 Å². The van der Waals surface area contributed by atoms with Gasteiger partial charge in [-0.2, -0.15) is 0 Å². The molecular weight excluding hydrogens is 478 g/mol. The van der Waals surface area contributed by atoms with Gasteiger partial charge in [0.05, 0.1) is 0 Å². The molecule has 0 unspecified atom stereocenters. The van der Waals surface area contributed by atoms with Gasteiger partial charge >= 0.3 is 0 Å². The number of anilines is 3. The maximum absolute atomic E-state index is 2.42. The summed E-state index contributed by atoms with van der Waals surface area (Å²) in [5.74, 6) is 0. The van der Waals surface area contributed by atoms with Crippen LogP contribution in [-0.2, 0) is 10.8 Å². The summed E-state index contributed by atoms with van der Waals surface area (Å²) in [5.41, 5.74) is 9.20. The van der Waals surface area contributed by atoms with Crippen molar-refractivity contribution in [3.63, 3.8) is 0 Å². The molecule has 1 aliphatic rings. The van der Waals surface area contributed by atoms with E-state index in [1.54, 1.807) is 0 Å². The largest absolute Gasteiger partial charge is 0.310 e. The van der Waals surface area contributed by atoms with Crippen LogP contribution in [0.3, 0.4) is 0 Å². The molecule has 38 heavy (non-hydrogen) atoms. The van der Waals surface area contributed by atoms with E-state index in [0.29, 0.717) is 0 Å². The Balaban J connectivity index is 1.54. The number of hydrogen-bond acceptors (Lipinski definition) is 2. The van der Waals surface area contributed by atoms with Gasteiger partial charge in [-0.25, -0.2) is 0 Å². The lowest BCUT2D eigenvalue weighted by molar-refractivity contribution is 0.299. The van der Waals surface area contributed by atoms with Crippen LogP contribution in [0.4, 0.5) is 17.1 Å². The summed E-state index contributed by atoms with van der Waals surface area (Å²) >= 11 is 1.90. The Bertz CT molecular complexity index is 1770. The Morgan fingerprint density at radius 3 is 1.79 bits per heavy atom. The molecule has 0 bridgehead atoms. The molecule has 7 rings (SSSR count). The third kappa shape index (κ3) is 3.23. The van der Waals surface area contributed by atoms with Gasteiger partial charge < -0.3 is 4.90 Å². The summed E-state index contributed by atoms with van der Waals surface area (Å²) in [6.07, 6.45) is 0. The van der Waals surface area contributed by atoms with Crippen molar-refractivity contribution in [2.45, 2.75) is 38.5 Å². The van der Waals surface area contributed by atoms with Crippen LogP contribution in [0.15, 0.2) is 115 Å². The van der Waals surface area contributed by atoms with E-state index in [1.165, 1.54) is 48.1 Å². The zero-order chi connectivity index (χ0) is 26.1. The second-order valence-electron chi connectivity index (χ2n) is 11.4. The lowest BCUT2D eigenvalue weighted by atomic mass is 9.55. The van der Waals surface area contributed by atoms with Gasteiger partial charge in [-0.15, -0.1) is 11.3 Å². The summed E-state index contributed by atoms with van der Waals surface area (Å²) < 4.78 is 2.69. The standard InChI is InChI=1S/C36H31NS/c1-35(2)29-18-12-11-17-27(29)33-30(36(35,3)4)20-22-32-34(33)28-23-26(19-21-31(28)38-32)37(24-13-7-5-8-14-24)25-15-9-6-10-16-25/h5-23H,1-4H3. The number of thiophene rings is 1. The molecule has 1 heterocycles. The molecule has 186 valence electrons. The highest BCUT2D eigenvalue weighted by Crippen LogP contribution is 2.57. The molecule has 0 atom stereocenters. The van der Waals surface area contributed by atoms with E-state index in [-0.39, 0.29) is 10.8 Å². The van der Waals surface area contributed by atoms with Crippen molar-refractivity contribution in [2.75, 3.05) is 4.90 Å². The number of para-hydroxylation sites is 2. The fraction of sp³-hybridized carbons (Fsp3) is 0.167. The Hall–Kier alpha value is -3.88. The number of fused-ring (bicyclic) bond motifs is 7. The van der Waals surface area contributed by atoms with Crippen molar-refractivity contribution in [3.05, 3.63) is 126 Å². The van der Waals surface area contributed by atoms with Crippen molar-refractivity contribution >= 4 is 48.6 Å². The van der Waals surface area contributed by atoms with Gasteiger partial charge in [0.15, 0.2) is 0 Å². The summed E-state index contributed by atoms with van der Waals surface area (Å²) in [4.78, 5) is 2.36. The topological polar surface area (TPSA) is 3.24 Å². The highest BCUT2D eigenvalue weighted by Gasteiger charge is 2.46. The monoisotopic (exact) mass is 509 g/mol. The van der Waals surface area contributed by atoms with Crippen LogP contribution >= 0.6 is 11.3 Å². The predicted octanol–water partition coefficient (Wildman–Crippen LogP) is 10.8. The number of hydrogen-bond donors (Lipinski definition) is 0. The summed E-state index contributed by atoms with van der Waals surface area (Å²) in [7, 11) is 0. The maximum Gasteiger partial charge on any atom is 0.0468 e. The first kappa shape index (κ1) is 23.3. The highest BCUT2D eigenvalue weighted by atomic mass is 32.1. The molecule has 0 saturated heterocycles. The predicted molar refractivity (Wildman–Crippen MR) is 166 cm³/mol. The molecule has 2 heteroatoms. The Morgan fingerprint density at radius 1 is 0.526 bits per heavy atom. The third-order valence-corrected chi connectivity index (χ3v) is 10.1. The van der Waals surface area contributed by atoms with Gasteiger partial charge in [0, 0.05) is 37.2 Å². The first-order valence-electron chi connectivity index (χ1n) is 13.4. The minimum absolute atomic E-state index is 0.00312. The van der Waals surface area contributed by atoms with E-state index < -0.39 is 0 Å². The van der Waals surface area contributed by atoms with Crippen molar-refractivity contribution in [1.82, 2.24) is 0 Å². The van der Waals surface area contributed by atoms with Gasteiger partial charge in [-0.05, 0) is 81.6 Å². The average Bonchev–Trinajstić information content (AvgIpc) is 3.31. The quantitative estimate of drug-likeness (QED) is 0.229. The Morgan fingerprint density at radius 2 is 1.11 bits per heavy atom. The van der Waals surface area contributed by atoms with E-state index in [9.17, 15) is 0 Å². The molecule has 0 aliphatic heterocycles. The third-order valence-electron chi connectivity index (χ3n) is 9.01. The van der Waals surface area contributed by atoms with Crippen molar-refractivity contribution in [2.24, 2.45) is 0 Å². The zero-order valence-corrected chi connectivity index (χ0v) is 23.1. The molecular formula is C36H31NS. The van der Waals surface area contributed by atoms with Crippen LogP contribution in [0, 0.1) is 0 Å². The van der Waals surface area contributed by atoms with Crippen molar-refractivity contribution < 1.29 is 0 Å². The molecule has 5 aromatic carbocycles. The lowest BCUT2D eigenvalue weighted by Crippen LogP contribution is -2.43. The van der Waals surface area contributed by atoms with Crippen LogP contribution < -0.4 is 4.90 Å². The molecule has 0 amide bonds. The fourth-order valence-corrected chi connectivity index (χ4v) is 7.41.